The molecule has 9 heteroatoms. The number of nitrogens with zero attached hydrogens (tertiary/aromatic N) is 3. The number of thioether (sulfide) groups is 1. The Labute approximate surface area is 118 Å². The average molecular weight is 295 g/mol. The molecule has 0 radical (unpaired) electrons. The Morgan fingerprint density at radius 1 is 1.45 bits per heavy atom. The third-order valence-corrected chi connectivity index (χ3v) is 3.41. The second kappa shape index (κ2) is 6.24. The van der Waals surface area contributed by atoms with Gasteiger partial charge in [0.15, 0.2) is 16.7 Å². The average Bonchev–Trinajstić information content (AvgIpc) is 3.06. The Balaban J connectivity index is 1.98. The van der Waals surface area contributed by atoms with Crippen molar-refractivity contribution in [1.82, 2.24) is 25.4 Å². The van der Waals surface area contributed by atoms with E-state index in [1.54, 1.807) is 30.0 Å². The highest BCUT2D eigenvalue weighted by Crippen LogP contribution is 2.22. The van der Waals surface area contributed by atoms with Gasteiger partial charge in [-0.1, -0.05) is 11.8 Å². The molecule has 0 aromatic carbocycles. The first-order valence-electron chi connectivity index (χ1n) is 5.69. The van der Waals surface area contributed by atoms with Crippen molar-refractivity contribution >= 4 is 23.7 Å². The molecule has 8 nitrogen and oxygen atoms in total. The lowest BCUT2D eigenvalue weighted by atomic mass is 10.4. The minimum Gasteiger partial charge on any atom is -0.461 e. The van der Waals surface area contributed by atoms with Crippen molar-refractivity contribution in [3.05, 3.63) is 18.4 Å². The van der Waals surface area contributed by atoms with Crippen LogP contribution in [0.2, 0.25) is 0 Å². The number of carbonyl (C=O) groups is 2. The molecule has 0 spiro atoms. The van der Waals surface area contributed by atoms with Gasteiger partial charge < -0.3 is 14.3 Å². The fourth-order valence-electron chi connectivity index (χ4n) is 1.42. The lowest BCUT2D eigenvalue weighted by Gasteiger charge is -2.03. The van der Waals surface area contributed by atoms with Crippen LogP contribution in [0.5, 0.6) is 0 Å². The molecule has 3 amide bonds. The van der Waals surface area contributed by atoms with Gasteiger partial charge in [-0.25, -0.2) is 4.79 Å². The molecule has 0 aliphatic heterocycles. The van der Waals surface area contributed by atoms with Crippen LogP contribution in [0.15, 0.2) is 28.0 Å². The van der Waals surface area contributed by atoms with Gasteiger partial charge in [0, 0.05) is 14.1 Å². The summed E-state index contributed by atoms with van der Waals surface area (Å²) in [7, 11) is 3.21. The number of carbonyl (C=O) groups excluding carboxylic acids is 2. The minimum absolute atomic E-state index is 0.0670. The molecule has 2 aromatic rings. The fraction of sp³-hybridized carbons (Fsp3) is 0.273. The van der Waals surface area contributed by atoms with E-state index >= 15 is 0 Å². The van der Waals surface area contributed by atoms with Crippen LogP contribution in [0, 0.1) is 0 Å². The van der Waals surface area contributed by atoms with E-state index in [9.17, 15) is 9.59 Å². The number of rotatable bonds is 4. The molecule has 2 aromatic heterocycles. The Morgan fingerprint density at radius 3 is 2.90 bits per heavy atom. The van der Waals surface area contributed by atoms with Gasteiger partial charge in [0.25, 0.3) is 0 Å². The minimum atomic E-state index is -0.537. The van der Waals surface area contributed by atoms with Crippen LogP contribution in [0.3, 0.4) is 0 Å². The Morgan fingerprint density at radius 2 is 2.25 bits per heavy atom. The number of furan rings is 1. The molecule has 0 atom stereocenters. The van der Waals surface area contributed by atoms with Gasteiger partial charge >= 0.3 is 6.03 Å². The maximum atomic E-state index is 11.5. The topological polar surface area (TPSA) is 102 Å². The van der Waals surface area contributed by atoms with Crippen LogP contribution in [0.25, 0.3) is 11.6 Å². The van der Waals surface area contributed by atoms with E-state index in [1.807, 2.05) is 0 Å². The molecule has 0 aliphatic carbocycles. The van der Waals surface area contributed by atoms with Gasteiger partial charge in [-0.2, -0.15) is 0 Å². The molecule has 2 rings (SSSR count). The van der Waals surface area contributed by atoms with Crippen LogP contribution in [-0.2, 0) is 11.8 Å². The lowest BCUT2D eigenvalue weighted by molar-refractivity contribution is -0.117. The van der Waals surface area contributed by atoms with Gasteiger partial charge in [-0.3, -0.25) is 10.1 Å². The second-order valence-electron chi connectivity index (χ2n) is 3.76. The largest absolute Gasteiger partial charge is 0.461 e. The van der Waals surface area contributed by atoms with E-state index in [0.717, 1.165) is 0 Å². The Hall–Kier alpha value is -2.29. The van der Waals surface area contributed by atoms with Crippen LogP contribution in [0.1, 0.15) is 0 Å². The second-order valence-corrected chi connectivity index (χ2v) is 4.70. The molecule has 2 heterocycles. The van der Waals surface area contributed by atoms with Crippen molar-refractivity contribution in [2.24, 2.45) is 7.05 Å². The van der Waals surface area contributed by atoms with Crippen LogP contribution < -0.4 is 10.6 Å². The zero-order chi connectivity index (χ0) is 14.5. The molecule has 0 saturated carbocycles. The first kappa shape index (κ1) is 14.1. The summed E-state index contributed by atoms with van der Waals surface area (Å²) in [6.45, 7) is 0. The molecule has 0 fully saturated rings. The predicted molar refractivity (Wildman–Crippen MR) is 72.0 cm³/mol. The summed E-state index contributed by atoms with van der Waals surface area (Å²) in [4.78, 5) is 22.4. The van der Waals surface area contributed by atoms with Crippen molar-refractivity contribution < 1.29 is 14.0 Å². The van der Waals surface area contributed by atoms with Gasteiger partial charge in [0.05, 0.1) is 12.0 Å². The summed E-state index contributed by atoms with van der Waals surface area (Å²) in [5, 5.41) is 13.0. The molecular formula is C11H13N5O3S. The van der Waals surface area contributed by atoms with Crippen molar-refractivity contribution in [3.8, 4) is 11.6 Å². The smallest absolute Gasteiger partial charge is 0.321 e. The molecular weight excluding hydrogens is 282 g/mol. The zero-order valence-electron chi connectivity index (χ0n) is 10.9. The molecule has 0 unspecified atom stereocenters. The third kappa shape index (κ3) is 3.18. The molecule has 2 N–H and O–H groups in total. The highest BCUT2D eigenvalue weighted by atomic mass is 32.2. The Bertz CT molecular complexity index is 608. The van der Waals surface area contributed by atoms with Crippen molar-refractivity contribution in [3.63, 3.8) is 0 Å². The SMILES string of the molecule is CNC(=O)NC(=O)CSc1nnc(-c2ccco2)n1C. The standard InChI is InChI=1S/C11H13N5O3S/c1-12-10(18)13-8(17)6-20-11-15-14-9(16(11)2)7-4-3-5-19-7/h3-5H,6H2,1-2H3,(H2,12,13,17,18). The summed E-state index contributed by atoms with van der Waals surface area (Å²) in [5.74, 6) is 0.833. The maximum Gasteiger partial charge on any atom is 0.321 e. The van der Waals surface area contributed by atoms with E-state index < -0.39 is 11.9 Å². The lowest BCUT2D eigenvalue weighted by Crippen LogP contribution is -2.38. The molecule has 0 bridgehead atoms. The van der Waals surface area contributed by atoms with E-state index in [0.29, 0.717) is 16.7 Å². The Kier molecular flexibility index (Phi) is 4.41. The van der Waals surface area contributed by atoms with E-state index in [4.69, 9.17) is 4.42 Å². The van der Waals surface area contributed by atoms with Crippen LogP contribution in [-0.4, -0.2) is 39.5 Å². The number of imide groups is 1. The number of amides is 3. The fourth-order valence-corrected chi connectivity index (χ4v) is 2.13. The normalized spacial score (nSPS) is 10.3. The van der Waals surface area contributed by atoms with Gasteiger partial charge in [0.1, 0.15) is 0 Å². The quantitative estimate of drug-likeness (QED) is 0.802. The summed E-state index contributed by atoms with van der Waals surface area (Å²) in [6.07, 6.45) is 1.55. The zero-order valence-corrected chi connectivity index (χ0v) is 11.7. The van der Waals surface area contributed by atoms with Crippen LogP contribution in [0.4, 0.5) is 4.79 Å². The summed E-state index contributed by atoms with van der Waals surface area (Å²) < 4.78 is 6.96. The van der Waals surface area contributed by atoms with E-state index in [-0.39, 0.29) is 5.75 Å². The first-order valence-corrected chi connectivity index (χ1v) is 6.68. The van der Waals surface area contributed by atoms with Gasteiger partial charge in [-0.05, 0) is 12.1 Å². The number of aromatic nitrogens is 3. The van der Waals surface area contributed by atoms with Crippen molar-refractivity contribution in [1.29, 1.82) is 0 Å². The first-order chi connectivity index (χ1) is 9.61. The molecule has 0 saturated heterocycles. The highest BCUT2D eigenvalue weighted by Gasteiger charge is 2.15. The number of urea groups is 1. The number of nitrogens with one attached hydrogen (secondary N) is 2. The molecule has 0 aliphatic rings. The number of hydrogen-bond acceptors (Lipinski definition) is 6. The van der Waals surface area contributed by atoms with Crippen molar-refractivity contribution in [2.45, 2.75) is 5.16 Å². The summed E-state index contributed by atoms with van der Waals surface area (Å²) in [5.41, 5.74) is 0. The molecule has 20 heavy (non-hydrogen) atoms. The van der Waals surface area contributed by atoms with Gasteiger partial charge in [-0.15, -0.1) is 10.2 Å². The summed E-state index contributed by atoms with van der Waals surface area (Å²) >= 11 is 1.18. The van der Waals surface area contributed by atoms with E-state index in [1.165, 1.54) is 18.8 Å². The van der Waals surface area contributed by atoms with E-state index in [2.05, 4.69) is 20.8 Å². The highest BCUT2D eigenvalue weighted by molar-refractivity contribution is 7.99. The maximum absolute atomic E-state index is 11.5. The van der Waals surface area contributed by atoms with Crippen LogP contribution >= 0.6 is 11.8 Å². The number of hydrogen-bond donors (Lipinski definition) is 2. The third-order valence-electron chi connectivity index (χ3n) is 2.39. The predicted octanol–water partition coefficient (Wildman–Crippen LogP) is 0.623. The van der Waals surface area contributed by atoms with Gasteiger partial charge in [0.2, 0.25) is 5.91 Å². The van der Waals surface area contributed by atoms with Crippen molar-refractivity contribution in [2.75, 3.05) is 12.8 Å². The molecule has 106 valence electrons. The summed E-state index contributed by atoms with van der Waals surface area (Å²) in [6, 6.07) is 2.99. The monoisotopic (exact) mass is 295 g/mol.